The average molecular weight is 454 g/mol. The molecular weight excluding hydrogens is 415 g/mol. The second-order valence-electron chi connectivity index (χ2n) is 9.13. The second kappa shape index (κ2) is 12.2. The van der Waals surface area contributed by atoms with E-state index in [-0.39, 0.29) is 0 Å². The summed E-state index contributed by atoms with van der Waals surface area (Å²) in [6.45, 7) is 7.32. The summed E-state index contributed by atoms with van der Waals surface area (Å²) < 4.78 is 13.0. The molecule has 1 aliphatic carbocycles. The quantitative estimate of drug-likeness (QED) is 0.381. The summed E-state index contributed by atoms with van der Waals surface area (Å²) in [5.41, 5.74) is -1.25. The molecule has 0 N–H and O–H groups in total. The topological polar surface area (TPSA) is 51.2 Å². The zero-order chi connectivity index (χ0) is 23.6. The Balaban J connectivity index is 0.000000520. The van der Waals surface area contributed by atoms with Crippen molar-refractivity contribution in [1.82, 2.24) is 0 Å². The van der Waals surface area contributed by atoms with Gasteiger partial charge in [-0.2, -0.15) is 0 Å². The molecule has 173 valence electrons. The van der Waals surface area contributed by atoms with Gasteiger partial charge < -0.3 is 0 Å². The van der Waals surface area contributed by atoms with E-state index in [0.717, 1.165) is 11.1 Å². The van der Waals surface area contributed by atoms with Gasteiger partial charge in [-0.05, 0) is 37.8 Å². The van der Waals surface area contributed by atoms with Gasteiger partial charge in [-0.1, -0.05) is 113 Å². The highest BCUT2D eigenvalue weighted by molar-refractivity contribution is 7.79. The first-order chi connectivity index (χ1) is 15.3. The Morgan fingerprint density at radius 1 is 0.656 bits per heavy atom. The van der Waals surface area contributed by atoms with Crippen molar-refractivity contribution in [2.75, 3.05) is 0 Å². The molecule has 1 fully saturated rings. The molecule has 3 rings (SSSR count). The van der Waals surface area contributed by atoms with E-state index in [1.165, 1.54) is 38.5 Å². The van der Waals surface area contributed by atoms with Crippen LogP contribution in [-0.4, -0.2) is 11.0 Å². The van der Waals surface area contributed by atoms with Crippen LogP contribution >= 0.6 is 7.80 Å². The first kappa shape index (κ1) is 26.1. The molecule has 3 nitrogen and oxygen atoms in total. The van der Waals surface area contributed by atoms with Crippen LogP contribution in [0.1, 0.15) is 90.2 Å². The van der Waals surface area contributed by atoms with Gasteiger partial charge >= 0.3 is 0 Å². The minimum Gasteiger partial charge on any atom is -0.285 e. The minimum absolute atomic E-state index is 0.484. The lowest BCUT2D eigenvalue weighted by atomic mass is 9.81. The third-order valence-corrected chi connectivity index (χ3v) is 8.77. The molecule has 0 spiro atoms. The van der Waals surface area contributed by atoms with Crippen molar-refractivity contribution in [2.24, 2.45) is 0 Å². The maximum Gasteiger partial charge on any atom is 0.229 e. The highest BCUT2D eigenvalue weighted by atomic mass is 31.1. The molecule has 2 aromatic carbocycles. The summed E-state index contributed by atoms with van der Waals surface area (Å²) in [6.07, 6.45) is 9.97. The zero-order valence-corrected chi connectivity index (χ0v) is 21.0. The van der Waals surface area contributed by atoms with Gasteiger partial charge in [-0.3, -0.25) is 14.2 Å². The van der Waals surface area contributed by atoms with Crippen LogP contribution < -0.4 is 0 Å². The molecule has 0 amide bonds. The van der Waals surface area contributed by atoms with E-state index >= 15 is 0 Å². The first-order valence-corrected chi connectivity index (χ1v) is 13.2. The molecule has 4 heteroatoms. The van der Waals surface area contributed by atoms with Crippen molar-refractivity contribution in [3.05, 3.63) is 71.8 Å². The molecule has 2 aromatic rings. The van der Waals surface area contributed by atoms with Crippen LogP contribution in [0.15, 0.2) is 60.7 Å². The second-order valence-corrected chi connectivity index (χ2v) is 10.5. The maximum atomic E-state index is 13.1. The monoisotopic (exact) mass is 453 g/mol. The normalized spacial score (nSPS) is 17.7. The first-order valence-electron chi connectivity index (χ1n) is 12.0. The number of hydrogen-bond acceptors (Lipinski definition) is 3. The standard InChI is InChI=1S/C22H26O3P.C6H12/c1-5-21(3,17-13-9-7-10-14-17)19(23)26(25)20(24)22(4,6-2)18-15-11-8-12-16-18;1-2-4-6-5-3-1/h7-16H,5-6H2,1-4H3;1-6H2. The molecular formula is C28H38O3P. The summed E-state index contributed by atoms with van der Waals surface area (Å²) in [7, 11) is -2.67. The Kier molecular flexibility index (Phi) is 9.97. The largest absolute Gasteiger partial charge is 0.285 e. The molecule has 0 heterocycles. The van der Waals surface area contributed by atoms with Gasteiger partial charge in [0, 0.05) is 0 Å². The summed E-state index contributed by atoms with van der Waals surface area (Å²) in [6, 6.07) is 18.6. The van der Waals surface area contributed by atoms with E-state index < -0.39 is 29.7 Å². The Morgan fingerprint density at radius 3 is 1.19 bits per heavy atom. The van der Waals surface area contributed by atoms with Gasteiger partial charge in [0.1, 0.15) is 0 Å². The van der Waals surface area contributed by atoms with Crippen molar-refractivity contribution >= 4 is 18.8 Å². The minimum atomic E-state index is -2.67. The Morgan fingerprint density at radius 2 is 0.938 bits per heavy atom. The van der Waals surface area contributed by atoms with E-state index in [4.69, 9.17) is 0 Å². The van der Waals surface area contributed by atoms with Crippen LogP contribution in [-0.2, 0) is 25.0 Å². The van der Waals surface area contributed by atoms with Crippen LogP contribution in [0.2, 0.25) is 0 Å². The van der Waals surface area contributed by atoms with Crippen molar-refractivity contribution in [1.29, 1.82) is 0 Å². The van der Waals surface area contributed by atoms with E-state index in [2.05, 4.69) is 0 Å². The van der Waals surface area contributed by atoms with E-state index in [1.54, 1.807) is 13.8 Å². The van der Waals surface area contributed by atoms with E-state index in [0.29, 0.717) is 12.8 Å². The number of rotatable bonds is 8. The van der Waals surface area contributed by atoms with Gasteiger partial charge in [0.05, 0.1) is 10.8 Å². The predicted octanol–water partition coefficient (Wildman–Crippen LogP) is 7.94. The molecule has 1 radical (unpaired) electrons. The van der Waals surface area contributed by atoms with E-state index in [1.807, 2.05) is 74.5 Å². The SMILES string of the molecule is C1CCCCC1.CCC(C)(C(=O)[P](=O)C(=O)C(C)(CC)c1ccccc1)c1ccccc1. The van der Waals surface area contributed by atoms with Crippen LogP contribution in [0, 0.1) is 0 Å². The molecule has 1 aliphatic rings. The van der Waals surface area contributed by atoms with Crippen molar-refractivity contribution in [3.63, 3.8) is 0 Å². The fraction of sp³-hybridized carbons (Fsp3) is 0.500. The van der Waals surface area contributed by atoms with Crippen molar-refractivity contribution < 1.29 is 14.2 Å². The molecule has 0 saturated heterocycles. The zero-order valence-electron chi connectivity index (χ0n) is 20.1. The number of carbonyl (C=O) groups excluding carboxylic acids is 2. The Bertz CT molecular complexity index is 810. The summed E-state index contributed by atoms with van der Waals surface area (Å²) >= 11 is 0. The molecule has 0 aromatic heterocycles. The fourth-order valence-corrected chi connectivity index (χ4v) is 5.83. The van der Waals surface area contributed by atoms with Crippen LogP contribution in [0.3, 0.4) is 0 Å². The van der Waals surface area contributed by atoms with Gasteiger partial charge in [0.25, 0.3) is 0 Å². The van der Waals surface area contributed by atoms with Crippen LogP contribution in [0.5, 0.6) is 0 Å². The number of benzene rings is 2. The lowest BCUT2D eigenvalue weighted by Crippen LogP contribution is -2.35. The summed E-state index contributed by atoms with van der Waals surface area (Å²) in [4.78, 5) is 26.3. The molecule has 0 aliphatic heterocycles. The Labute approximate surface area is 194 Å². The summed E-state index contributed by atoms with van der Waals surface area (Å²) in [5.74, 6) is 0. The predicted molar refractivity (Wildman–Crippen MR) is 133 cm³/mol. The third kappa shape index (κ3) is 6.01. The highest BCUT2D eigenvalue weighted by Crippen LogP contribution is 2.45. The van der Waals surface area contributed by atoms with Crippen LogP contribution in [0.4, 0.5) is 0 Å². The third-order valence-electron chi connectivity index (χ3n) is 7.05. The lowest BCUT2D eigenvalue weighted by molar-refractivity contribution is -0.119. The Hall–Kier alpha value is -2.12. The van der Waals surface area contributed by atoms with Crippen LogP contribution in [0.25, 0.3) is 0 Å². The van der Waals surface area contributed by atoms with Gasteiger partial charge in [-0.25, -0.2) is 0 Å². The number of carbonyl (C=O) groups is 2. The van der Waals surface area contributed by atoms with Crippen molar-refractivity contribution in [2.45, 2.75) is 89.9 Å². The number of hydrogen-bond donors (Lipinski definition) is 0. The highest BCUT2D eigenvalue weighted by Gasteiger charge is 2.45. The summed E-state index contributed by atoms with van der Waals surface area (Å²) in [5, 5.41) is 0. The average Bonchev–Trinajstić information content (AvgIpc) is 2.88. The molecule has 2 unspecified atom stereocenters. The molecule has 2 atom stereocenters. The maximum absolute atomic E-state index is 13.1. The fourth-order valence-electron chi connectivity index (χ4n) is 4.17. The van der Waals surface area contributed by atoms with Gasteiger partial charge in [-0.15, -0.1) is 0 Å². The van der Waals surface area contributed by atoms with Gasteiger partial charge in [0.2, 0.25) is 18.8 Å². The van der Waals surface area contributed by atoms with E-state index in [9.17, 15) is 14.2 Å². The smallest absolute Gasteiger partial charge is 0.229 e. The molecule has 32 heavy (non-hydrogen) atoms. The lowest BCUT2D eigenvalue weighted by Gasteiger charge is -2.30. The van der Waals surface area contributed by atoms with Crippen molar-refractivity contribution in [3.8, 4) is 0 Å². The molecule has 1 saturated carbocycles. The molecule has 0 bridgehead atoms. The van der Waals surface area contributed by atoms with Gasteiger partial charge in [0.15, 0.2) is 0 Å².